The van der Waals surface area contributed by atoms with E-state index in [-0.39, 0.29) is 5.57 Å². The average molecular weight is 399 g/mol. The summed E-state index contributed by atoms with van der Waals surface area (Å²) < 4.78 is 16.5. The second-order valence-electron chi connectivity index (χ2n) is 6.38. The molecule has 150 valence electrons. The monoisotopic (exact) mass is 399 g/mol. The van der Waals surface area contributed by atoms with E-state index in [1.54, 1.807) is 49.6 Å². The van der Waals surface area contributed by atoms with Crippen molar-refractivity contribution in [1.82, 2.24) is 0 Å². The lowest BCUT2D eigenvalue weighted by Crippen LogP contribution is -2.04. The Balaban J connectivity index is 1.89. The summed E-state index contributed by atoms with van der Waals surface area (Å²) in [6.07, 6.45) is 1.53. The van der Waals surface area contributed by atoms with Crippen molar-refractivity contribution in [1.29, 1.82) is 5.26 Å². The molecular formula is C25H21NO4. The van der Waals surface area contributed by atoms with E-state index in [9.17, 15) is 10.1 Å². The number of Topliss-reactive ketones (excluding diaryl/α,β-unsaturated/α-hetero) is 1. The van der Waals surface area contributed by atoms with Gasteiger partial charge in [0.05, 0.1) is 19.8 Å². The van der Waals surface area contributed by atoms with Gasteiger partial charge in [-0.05, 0) is 41.5 Å². The molecule has 0 saturated carbocycles. The van der Waals surface area contributed by atoms with E-state index < -0.39 is 5.78 Å². The molecule has 0 atom stereocenters. The van der Waals surface area contributed by atoms with Crippen LogP contribution in [0.5, 0.6) is 17.2 Å². The largest absolute Gasteiger partial charge is 0.496 e. The van der Waals surface area contributed by atoms with Crippen LogP contribution < -0.4 is 14.2 Å². The lowest BCUT2D eigenvalue weighted by atomic mass is 10.0. The van der Waals surface area contributed by atoms with Gasteiger partial charge in [-0.3, -0.25) is 4.79 Å². The highest BCUT2D eigenvalue weighted by atomic mass is 16.5. The van der Waals surface area contributed by atoms with Gasteiger partial charge in [0.25, 0.3) is 0 Å². The number of carbonyl (C=O) groups excluding carboxylic acids is 1. The molecule has 0 heterocycles. The maximum atomic E-state index is 12.9. The second kappa shape index (κ2) is 9.94. The minimum absolute atomic E-state index is 0.00123. The number of hydrogen-bond acceptors (Lipinski definition) is 5. The molecule has 0 saturated heterocycles. The number of benzene rings is 3. The van der Waals surface area contributed by atoms with Crippen LogP contribution in [-0.4, -0.2) is 20.0 Å². The summed E-state index contributed by atoms with van der Waals surface area (Å²) in [5.74, 6) is 1.11. The summed E-state index contributed by atoms with van der Waals surface area (Å²) in [4.78, 5) is 12.9. The van der Waals surface area contributed by atoms with Crippen LogP contribution in [0.15, 0.2) is 78.4 Å². The Bertz CT molecular complexity index is 1100. The highest BCUT2D eigenvalue weighted by Gasteiger charge is 2.17. The second-order valence-corrected chi connectivity index (χ2v) is 6.38. The number of allylic oxidation sites excluding steroid dienone is 1. The third-order valence-electron chi connectivity index (χ3n) is 4.45. The Hall–Kier alpha value is -4.04. The summed E-state index contributed by atoms with van der Waals surface area (Å²) in [7, 11) is 3.05. The van der Waals surface area contributed by atoms with Crippen molar-refractivity contribution in [2.24, 2.45) is 0 Å². The molecule has 3 rings (SSSR count). The minimum Gasteiger partial charge on any atom is -0.496 e. The summed E-state index contributed by atoms with van der Waals surface area (Å²) in [6, 6.07) is 23.8. The molecule has 5 nitrogen and oxygen atoms in total. The molecule has 0 radical (unpaired) electrons. The zero-order chi connectivity index (χ0) is 21.3. The van der Waals surface area contributed by atoms with Crippen LogP contribution in [0.1, 0.15) is 21.5 Å². The molecule has 30 heavy (non-hydrogen) atoms. The van der Waals surface area contributed by atoms with Crippen molar-refractivity contribution < 1.29 is 19.0 Å². The highest BCUT2D eigenvalue weighted by molar-refractivity contribution is 6.15. The maximum absolute atomic E-state index is 12.9. The molecule has 0 aliphatic rings. The first-order valence-corrected chi connectivity index (χ1v) is 9.30. The molecule has 0 aliphatic carbocycles. The number of rotatable bonds is 8. The first kappa shape index (κ1) is 20.7. The van der Waals surface area contributed by atoms with E-state index in [0.717, 1.165) is 5.56 Å². The predicted octanol–water partition coefficient (Wildman–Crippen LogP) is 5.07. The van der Waals surface area contributed by atoms with Gasteiger partial charge in [-0.25, -0.2) is 0 Å². The summed E-state index contributed by atoms with van der Waals surface area (Å²) >= 11 is 0. The van der Waals surface area contributed by atoms with E-state index in [1.165, 1.54) is 13.2 Å². The van der Waals surface area contributed by atoms with Crippen LogP contribution in [0.2, 0.25) is 0 Å². The lowest BCUT2D eigenvalue weighted by Gasteiger charge is -2.12. The molecule has 3 aromatic rings. The Labute approximate surface area is 175 Å². The van der Waals surface area contributed by atoms with Gasteiger partial charge in [-0.1, -0.05) is 48.5 Å². The molecule has 0 unspecified atom stereocenters. The fourth-order valence-corrected chi connectivity index (χ4v) is 2.92. The molecule has 0 N–H and O–H groups in total. The van der Waals surface area contributed by atoms with Crippen molar-refractivity contribution >= 4 is 11.9 Å². The highest BCUT2D eigenvalue weighted by Crippen LogP contribution is 2.30. The van der Waals surface area contributed by atoms with Gasteiger partial charge < -0.3 is 14.2 Å². The molecule has 0 amide bonds. The maximum Gasteiger partial charge on any atom is 0.207 e. The van der Waals surface area contributed by atoms with Crippen LogP contribution in [-0.2, 0) is 6.61 Å². The van der Waals surface area contributed by atoms with E-state index >= 15 is 0 Å². The van der Waals surface area contributed by atoms with Gasteiger partial charge in [0.1, 0.15) is 24.0 Å². The van der Waals surface area contributed by atoms with Crippen molar-refractivity contribution in [2.45, 2.75) is 6.61 Å². The predicted molar refractivity (Wildman–Crippen MR) is 115 cm³/mol. The Kier molecular flexibility index (Phi) is 6.86. The van der Waals surface area contributed by atoms with E-state index in [1.807, 2.05) is 36.4 Å². The third-order valence-corrected chi connectivity index (χ3v) is 4.45. The van der Waals surface area contributed by atoms with Crippen LogP contribution in [0.25, 0.3) is 6.08 Å². The van der Waals surface area contributed by atoms with Gasteiger partial charge in [0.2, 0.25) is 5.78 Å². The minimum atomic E-state index is -0.405. The first-order valence-electron chi connectivity index (χ1n) is 9.30. The molecule has 0 aromatic heterocycles. The Morgan fingerprint density at radius 2 is 1.60 bits per heavy atom. The fraction of sp³-hybridized carbons (Fsp3) is 0.120. The number of hydrogen-bond donors (Lipinski definition) is 0. The van der Waals surface area contributed by atoms with Gasteiger partial charge in [-0.2, -0.15) is 5.26 Å². The molecule has 5 heteroatoms. The zero-order valence-electron chi connectivity index (χ0n) is 16.8. The molecule has 0 aliphatic heterocycles. The van der Waals surface area contributed by atoms with Gasteiger partial charge in [-0.15, -0.1) is 0 Å². The standard InChI is InChI=1S/C25H21NO4/c1-28-22-11-7-6-10-21(22)25(27)20(16-26)14-19-12-13-23(29-2)24(15-19)30-17-18-8-4-3-5-9-18/h3-15H,17H2,1-2H3/b20-14+. The van der Waals surface area contributed by atoms with Crippen molar-refractivity contribution in [3.05, 3.63) is 95.1 Å². The molecule has 3 aromatic carbocycles. The van der Waals surface area contributed by atoms with E-state index in [4.69, 9.17) is 14.2 Å². The number of methoxy groups -OCH3 is 2. The number of carbonyl (C=O) groups is 1. The molecule has 0 fully saturated rings. The number of nitriles is 1. The normalized spacial score (nSPS) is 10.8. The average Bonchev–Trinajstić information content (AvgIpc) is 2.81. The summed E-state index contributed by atoms with van der Waals surface area (Å²) in [5.41, 5.74) is 2.00. The number of nitrogens with zero attached hydrogens (tertiary/aromatic N) is 1. The van der Waals surface area contributed by atoms with Gasteiger partial charge >= 0.3 is 0 Å². The van der Waals surface area contributed by atoms with Crippen molar-refractivity contribution in [2.75, 3.05) is 14.2 Å². The first-order chi connectivity index (χ1) is 14.7. The lowest BCUT2D eigenvalue weighted by molar-refractivity contribution is 0.103. The summed E-state index contributed by atoms with van der Waals surface area (Å²) in [5, 5.41) is 9.57. The Morgan fingerprint density at radius 1 is 0.900 bits per heavy atom. The number of ether oxygens (including phenoxy) is 3. The van der Waals surface area contributed by atoms with Crippen LogP contribution >= 0.6 is 0 Å². The van der Waals surface area contributed by atoms with Crippen LogP contribution in [0, 0.1) is 11.3 Å². The molecule has 0 spiro atoms. The number of para-hydroxylation sites is 1. The van der Waals surface area contributed by atoms with Crippen molar-refractivity contribution in [3.8, 4) is 23.3 Å². The van der Waals surface area contributed by atoms with E-state index in [2.05, 4.69) is 0 Å². The van der Waals surface area contributed by atoms with Crippen molar-refractivity contribution in [3.63, 3.8) is 0 Å². The zero-order valence-corrected chi connectivity index (χ0v) is 16.8. The van der Waals surface area contributed by atoms with Crippen LogP contribution in [0.4, 0.5) is 0 Å². The molecule has 0 bridgehead atoms. The SMILES string of the molecule is COc1ccc(/C=C(\C#N)C(=O)c2ccccc2OC)cc1OCc1ccccc1. The van der Waals surface area contributed by atoms with Gasteiger partial charge in [0, 0.05) is 0 Å². The quantitative estimate of drug-likeness (QED) is 0.300. The third kappa shape index (κ3) is 4.86. The fourth-order valence-electron chi connectivity index (χ4n) is 2.92. The smallest absolute Gasteiger partial charge is 0.207 e. The van der Waals surface area contributed by atoms with Gasteiger partial charge in [0.15, 0.2) is 11.5 Å². The van der Waals surface area contributed by atoms with Crippen LogP contribution in [0.3, 0.4) is 0 Å². The molecular weight excluding hydrogens is 378 g/mol. The summed E-state index contributed by atoms with van der Waals surface area (Å²) in [6.45, 7) is 0.371. The number of ketones is 1. The topological polar surface area (TPSA) is 68.5 Å². The Morgan fingerprint density at radius 3 is 2.30 bits per heavy atom. The van der Waals surface area contributed by atoms with E-state index in [0.29, 0.717) is 35.0 Å².